The quantitative estimate of drug-likeness (QED) is 0.677. The zero-order valence-electron chi connectivity index (χ0n) is 18.2. The summed E-state index contributed by atoms with van der Waals surface area (Å²) in [5.74, 6) is 1.18. The zero-order chi connectivity index (χ0) is 22.9. The van der Waals surface area contributed by atoms with Gasteiger partial charge >= 0.3 is 0 Å². The number of carbonyl (C=O) groups is 1. The van der Waals surface area contributed by atoms with Crippen molar-refractivity contribution < 1.29 is 17.7 Å². The second-order valence-electron chi connectivity index (χ2n) is 8.81. The number of nitrogens with one attached hydrogen (secondary N) is 1. The first-order valence-corrected chi connectivity index (χ1v) is 12.4. The number of nitriles is 1. The molecule has 1 saturated heterocycles. The Kier molecular flexibility index (Phi) is 6.31. The molecule has 9 nitrogen and oxygen atoms in total. The van der Waals surface area contributed by atoms with E-state index < -0.39 is 10.0 Å². The van der Waals surface area contributed by atoms with Crippen molar-refractivity contribution in [1.82, 2.24) is 19.8 Å². The van der Waals surface area contributed by atoms with E-state index in [-0.39, 0.29) is 41.8 Å². The fraction of sp³-hybridized carbons (Fsp3) is 0.545. The number of rotatable bonds is 7. The van der Waals surface area contributed by atoms with Crippen LogP contribution >= 0.6 is 0 Å². The fourth-order valence-electron chi connectivity index (χ4n) is 3.87. The van der Waals surface area contributed by atoms with E-state index in [0.717, 1.165) is 12.8 Å². The fourth-order valence-corrected chi connectivity index (χ4v) is 5.34. The van der Waals surface area contributed by atoms with Gasteiger partial charge in [-0.05, 0) is 55.9 Å². The molecule has 0 bridgehead atoms. The van der Waals surface area contributed by atoms with Gasteiger partial charge in [-0.25, -0.2) is 8.42 Å². The second-order valence-corrected chi connectivity index (χ2v) is 10.7. The highest BCUT2D eigenvalue weighted by atomic mass is 32.2. The van der Waals surface area contributed by atoms with Gasteiger partial charge in [-0.15, -0.1) is 0 Å². The number of amides is 1. The van der Waals surface area contributed by atoms with Gasteiger partial charge in [0.2, 0.25) is 21.8 Å². The summed E-state index contributed by atoms with van der Waals surface area (Å²) >= 11 is 0. The molecule has 1 aliphatic heterocycles. The molecule has 2 fully saturated rings. The molecule has 1 amide bonds. The third-order valence-corrected chi connectivity index (χ3v) is 7.99. The van der Waals surface area contributed by atoms with Crippen LogP contribution < -0.4 is 5.32 Å². The molecule has 170 valence electrons. The monoisotopic (exact) mass is 457 g/mol. The Balaban J connectivity index is 1.37. The molecule has 0 radical (unpaired) electrons. The smallest absolute Gasteiger partial charge is 0.249 e. The van der Waals surface area contributed by atoms with Crippen LogP contribution in [0.1, 0.15) is 68.8 Å². The van der Waals surface area contributed by atoms with Crippen LogP contribution in [0.5, 0.6) is 0 Å². The third-order valence-electron chi connectivity index (χ3n) is 6.08. The minimum Gasteiger partial charge on any atom is -0.344 e. The van der Waals surface area contributed by atoms with E-state index in [0.29, 0.717) is 36.0 Å². The highest BCUT2D eigenvalue weighted by Gasteiger charge is 2.35. The summed E-state index contributed by atoms with van der Waals surface area (Å²) in [4.78, 5) is 17.6. The average Bonchev–Trinajstić information content (AvgIpc) is 3.54. The molecular formula is C22H27N5O4S. The van der Waals surface area contributed by atoms with Crippen molar-refractivity contribution in [2.75, 3.05) is 13.1 Å². The van der Waals surface area contributed by atoms with Crippen molar-refractivity contribution in [2.45, 2.75) is 56.4 Å². The molecular weight excluding hydrogens is 430 g/mol. The van der Waals surface area contributed by atoms with E-state index in [1.54, 1.807) is 0 Å². The molecule has 1 N–H and O–H groups in total. The minimum absolute atomic E-state index is 0.0725. The van der Waals surface area contributed by atoms with Crippen LogP contribution in [-0.4, -0.2) is 41.9 Å². The summed E-state index contributed by atoms with van der Waals surface area (Å²) in [7, 11) is -3.66. The van der Waals surface area contributed by atoms with Crippen LogP contribution in [-0.2, 0) is 14.8 Å². The molecule has 32 heavy (non-hydrogen) atoms. The lowest BCUT2D eigenvalue weighted by Crippen LogP contribution is -2.44. The van der Waals surface area contributed by atoms with E-state index in [9.17, 15) is 13.2 Å². The summed E-state index contributed by atoms with van der Waals surface area (Å²) < 4.78 is 32.6. The predicted molar refractivity (Wildman–Crippen MR) is 115 cm³/mol. The predicted octanol–water partition coefficient (Wildman–Crippen LogP) is 2.73. The summed E-state index contributed by atoms with van der Waals surface area (Å²) in [5, 5.41) is 16.0. The number of piperidine rings is 1. The molecule has 2 aliphatic rings. The zero-order valence-corrected chi connectivity index (χ0v) is 19.0. The lowest BCUT2D eigenvalue weighted by molar-refractivity contribution is -0.127. The maximum atomic E-state index is 12.9. The summed E-state index contributed by atoms with van der Waals surface area (Å²) in [6, 6.07) is 7.48. The lowest BCUT2D eigenvalue weighted by Gasteiger charge is -2.31. The third kappa shape index (κ3) is 4.69. The van der Waals surface area contributed by atoms with Crippen LogP contribution in [0.4, 0.5) is 0 Å². The Morgan fingerprint density at radius 2 is 1.84 bits per heavy atom. The standard InChI is InChI=1S/C22H27N5O4S/c1-14(2)19(22-25-20(26-31-22)16-5-6-16)24-21(28)17-9-11-27(12-10-17)32(29,30)18-7-3-15(13-23)4-8-18/h3-4,7-8,14,16-17,19H,5-6,9-12H2,1-2H3,(H,24,28). The Morgan fingerprint density at radius 3 is 2.41 bits per heavy atom. The first-order chi connectivity index (χ1) is 15.3. The molecule has 1 aliphatic carbocycles. The number of hydrogen-bond acceptors (Lipinski definition) is 7. The molecule has 10 heteroatoms. The number of hydrogen-bond donors (Lipinski definition) is 1. The van der Waals surface area contributed by atoms with Crippen LogP contribution in [0.2, 0.25) is 0 Å². The topological polar surface area (TPSA) is 129 Å². The number of sulfonamides is 1. The van der Waals surface area contributed by atoms with Gasteiger partial charge in [0, 0.05) is 24.9 Å². The van der Waals surface area contributed by atoms with Crippen molar-refractivity contribution in [3.05, 3.63) is 41.5 Å². The van der Waals surface area contributed by atoms with Gasteiger partial charge in [0.1, 0.15) is 6.04 Å². The molecule has 4 rings (SSSR count). The highest BCUT2D eigenvalue weighted by Crippen LogP contribution is 2.38. The first-order valence-electron chi connectivity index (χ1n) is 10.9. The van der Waals surface area contributed by atoms with Crippen LogP contribution in [0.25, 0.3) is 0 Å². The van der Waals surface area contributed by atoms with Gasteiger partial charge in [-0.1, -0.05) is 19.0 Å². The number of nitrogens with zero attached hydrogens (tertiary/aromatic N) is 4. The van der Waals surface area contributed by atoms with Gasteiger partial charge in [-0.3, -0.25) is 4.79 Å². The van der Waals surface area contributed by atoms with E-state index in [2.05, 4.69) is 15.5 Å². The lowest BCUT2D eigenvalue weighted by atomic mass is 9.95. The summed E-state index contributed by atoms with van der Waals surface area (Å²) in [6.45, 7) is 4.50. The van der Waals surface area contributed by atoms with Crippen LogP contribution in [0.15, 0.2) is 33.7 Å². The Bertz CT molecular complexity index is 1110. The van der Waals surface area contributed by atoms with Crippen LogP contribution in [0.3, 0.4) is 0 Å². The minimum atomic E-state index is -3.66. The van der Waals surface area contributed by atoms with Crippen molar-refractivity contribution >= 4 is 15.9 Å². The molecule has 1 aromatic heterocycles. The normalized spacial score (nSPS) is 18.9. The van der Waals surface area contributed by atoms with Crippen molar-refractivity contribution in [3.63, 3.8) is 0 Å². The van der Waals surface area contributed by atoms with Gasteiger partial charge in [0.25, 0.3) is 0 Å². The molecule has 1 atom stereocenters. The second kappa shape index (κ2) is 9.00. The number of carbonyl (C=O) groups excluding carboxylic acids is 1. The molecule has 0 spiro atoms. The maximum Gasteiger partial charge on any atom is 0.249 e. The molecule has 1 aromatic carbocycles. The van der Waals surface area contributed by atoms with E-state index in [1.165, 1.54) is 28.6 Å². The molecule has 2 aromatic rings. The number of aromatic nitrogens is 2. The van der Waals surface area contributed by atoms with Crippen LogP contribution in [0, 0.1) is 23.2 Å². The highest BCUT2D eigenvalue weighted by molar-refractivity contribution is 7.89. The van der Waals surface area contributed by atoms with Gasteiger partial charge in [-0.2, -0.15) is 14.6 Å². The van der Waals surface area contributed by atoms with E-state index >= 15 is 0 Å². The average molecular weight is 458 g/mol. The molecule has 1 saturated carbocycles. The van der Waals surface area contributed by atoms with Crippen molar-refractivity contribution in [2.24, 2.45) is 11.8 Å². The van der Waals surface area contributed by atoms with Gasteiger partial charge < -0.3 is 9.84 Å². The Hall–Kier alpha value is -2.77. The van der Waals surface area contributed by atoms with Crippen molar-refractivity contribution in [3.8, 4) is 6.07 Å². The maximum absolute atomic E-state index is 12.9. The van der Waals surface area contributed by atoms with Gasteiger partial charge in [0.05, 0.1) is 16.5 Å². The first kappa shape index (κ1) is 22.4. The number of benzene rings is 1. The SMILES string of the molecule is CC(C)C(NC(=O)C1CCN(S(=O)(=O)c2ccc(C#N)cc2)CC1)c1nc(C2CC2)no1. The molecule has 1 unspecified atom stereocenters. The summed E-state index contributed by atoms with van der Waals surface area (Å²) in [5.41, 5.74) is 0.407. The Morgan fingerprint density at radius 1 is 1.19 bits per heavy atom. The molecule has 2 heterocycles. The van der Waals surface area contributed by atoms with Crippen molar-refractivity contribution in [1.29, 1.82) is 5.26 Å². The van der Waals surface area contributed by atoms with E-state index in [4.69, 9.17) is 9.78 Å². The summed E-state index contributed by atoms with van der Waals surface area (Å²) in [6.07, 6.45) is 3.01. The Labute approximate surface area is 187 Å². The largest absolute Gasteiger partial charge is 0.344 e. The van der Waals surface area contributed by atoms with Gasteiger partial charge in [0.15, 0.2) is 5.82 Å². The van der Waals surface area contributed by atoms with E-state index in [1.807, 2.05) is 19.9 Å².